The zero-order chi connectivity index (χ0) is 23.9. The van der Waals surface area contributed by atoms with Crippen molar-refractivity contribution in [1.82, 2.24) is 19.3 Å². The Morgan fingerprint density at radius 2 is 1.86 bits per heavy atom. The lowest BCUT2D eigenvalue weighted by Crippen LogP contribution is -2.37. The van der Waals surface area contributed by atoms with Crippen LogP contribution in [-0.2, 0) is 11.3 Å². The molecule has 0 amide bonds. The maximum absolute atomic E-state index is 13.2. The molecule has 0 radical (unpaired) electrons. The molecule has 2 aromatic heterocycles. The number of fused-ring (bicyclic) bond motifs is 3. The van der Waals surface area contributed by atoms with E-state index in [4.69, 9.17) is 9.47 Å². The minimum absolute atomic E-state index is 0.0108. The Bertz CT molecular complexity index is 1510. The Morgan fingerprint density at radius 1 is 1.06 bits per heavy atom. The topological polar surface area (TPSA) is 98.2 Å². The number of rotatable bonds is 4. The third-order valence-electron chi connectivity index (χ3n) is 6.86. The molecule has 9 nitrogen and oxygen atoms in total. The number of nitriles is 1. The van der Waals surface area contributed by atoms with E-state index in [0.717, 1.165) is 41.7 Å². The fourth-order valence-corrected chi connectivity index (χ4v) is 5.11. The first-order chi connectivity index (χ1) is 17.2. The molecule has 6 rings (SSSR count). The second kappa shape index (κ2) is 8.56. The number of hydrogen-bond donors (Lipinski definition) is 0. The fourth-order valence-electron chi connectivity index (χ4n) is 5.11. The van der Waals surface area contributed by atoms with Gasteiger partial charge in [0.05, 0.1) is 48.9 Å². The molecule has 0 saturated carbocycles. The summed E-state index contributed by atoms with van der Waals surface area (Å²) in [6.45, 7) is 3.52. The van der Waals surface area contributed by atoms with E-state index in [1.165, 1.54) is 0 Å². The van der Waals surface area contributed by atoms with E-state index in [-0.39, 0.29) is 11.6 Å². The van der Waals surface area contributed by atoms with E-state index in [2.05, 4.69) is 20.9 Å². The first-order valence-electron chi connectivity index (χ1n) is 11.7. The van der Waals surface area contributed by atoms with E-state index in [9.17, 15) is 10.1 Å². The third kappa shape index (κ3) is 3.54. The molecule has 1 unspecified atom stereocenters. The molecule has 1 fully saturated rings. The Morgan fingerprint density at radius 3 is 2.60 bits per heavy atom. The molecule has 4 heterocycles. The molecule has 0 spiro atoms. The van der Waals surface area contributed by atoms with Crippen molar-refractivity contribution in [3.05, 3.63) is 70.3 Å². The molecule has 0 aliphatic carbocycles. The average molecular weight is 469 g/mol. The van der Waals surface area contributed by atoms with E-state index < -0.39 is 0 Å². The van der Waals surface area contributed by atoms with Crippen LogP contribution >= 0.6 is 0 Å². The quantitative estimate of drug-likeness (QED) is 0.454. The van der Waals surface area contributed by atoms with Crippen molar-refractivity contribution in [3.63, 3.8) is 0 Å². The number of anilines is 1. The average Bonchev–Trinajstić information content (AvgIpc) is 3.48. The minimum Gasteiger partial charge on any atom is -0.496 e. The molecular formula is C26H24N6O3. The van der Waals surface area contributed by atoms with Gasteiger partial charge in [-0.25, -0.2) is 14.6 Å². The van der Waals surface area contributed by atoms with Crippen molar-refractivity contribution in [3.8, 4) is 22.9 Å². The number of nitrogens with zero attached hydrogens (tertiary/aromatic N) is 6. The normalized spacial score (nSPS) is 17.4. The van der Waals surface area contributed by atoms with Gasteiger partial charge in [0.1, 0.15) is 5.75 Å². The standard InChI is InChI=1S/C26H24N6O3/c1-34-24-5-2-17(14-27)12-21(24)22-6-7-31-25(33)20-4-3-18(13-23(20)32(22)31)19-15-28-26(29-16-19)30-8-10-35-11-9-30/h2-5,12-13,15-16,22H,6-11H2,1H3. The van der Waals surface area contributed by atoms with Crippen LogP contribution in [0.25, 0.3) is 22.0 Å². The van der Waals surface area contributed by atoms with Crippen molar-refractivity contribution in [2.75, 3.05) is 38.3 Å². The number of hydrogen-bond acceptors (Lipinski definition) is 7. The number of aromatic nitrogens is 4. The molecule has 1 atom stereocenters. The molecule has 2 aliphatic heterocycles. The zero-order valence-corrected chi connectivity index (χ0v) is 19.3. The van der Waals surface area contributed by atoms with Crippen molar-refractivity contribution in [1.29, 1.82) is 5.26 Å². The molecule has 35 heavy (non-hydrogen) atoms. The molecule has 0 bridgehead atoms. The van der Waals surface area contributed by atoms with E-state index in [1.807, 2.05) is 47.4 Å². The third-order valence-corrected chi connectivity index (χ3v) is 6.86. The van der Waals surface area contributed by atoms with Crippen LogP contribution in [0, 0.1) is 11.3 Å². The Kier molecular flexibility index (Phi) is 5.23. The second-order valence-electron chi connectivity index (χ2n) is 8.75. The zero-order valence-electron chi connectivity index (χ0n) is 19.3. The molecular weight excluding hydrogens is 444 g/mol. The predicted octanol–water partition coefficient (Wildman–Crippen LogP) is 2.97. The first-order valence-corrected chi connectivity index (χ1v) is 11.7. The Labute approximate surface area is 201 Å². The highest BCUT2D eigenvalue weighted by Gasteiger charge is 2.30. The van der Waals surface area contributed by atoms with Crippen LogP contribution in [0.3, 0.4) is 0 Å². The molecule has 176 valence electrons. The van der Waals surface area contributed by atoms with Crippen LogP contribution in [-0.4, -0.2) is 52.7 Å². The molecule has 2 aliphatic rings. The highest BCUT2D eigenvalue weighted by Crippen LogP contribution is 2.37. The van der Waals surface area contributed by atoms with Crippen LogP contribution in [0.2, 0.25) is 0 Å². The van der Waals surface area contributed by atoms with Crippen LogP contribution in [0.15, 0.2) is 53.6 Å². The predicted molar refractivity (Wildman–Crippen MR) is 131 cm³/mol. The van der Waals surface area contributed by atoms with Gasteiger partial charge in [-0.2, -0.15) is 5.26 Å². The van der Waals surface area contributed by atoms with Crippen LogP contribution in [0.1, 0.15) is 23.6 Å². The summed E-state index contributed by atoms with van der Waals surface area (Å²) in [7, 11) is 1.62. The van der Waals surface area contributed by atoms with Crippen LogP contribution in [0.4, 0.5) is 5.95 Å². The molecule has 4 aromatic rings. The molecule has 1 saturated heterocycles. The van der Waals surface area contributed by atoms with Gasteiger partial charge in [-0.3, -0.25) is 9.48 Å². The van der Waals surface area contributed by atoms with E-state index in [0.29, 0.717) is 42.4 Å². The smallest absolute Gasteiger partial charge is 0.274 e. The van der Waals surface area contributed by atoms with Gasteiger partial charge in [0.15, 0.2) is 0 Å². The summed E-state index contributed by atoms with van der Waals surface area (Å²) in [6.07, 6.45) is 4.40. The monoisotopic (exact) mass is 468 g/mol. The maximum atomic E-state index is 13.2. The lowest BCUT2D eigenvalue weighted by molar-refractivity contribution is 0.122. The summed E-state index contributed by atoms with van der Waals surface area (Å²) in [5, 5.41) is 10.1. The summed E-state index contributed by atoms with van der Waals surface area (Å²) in [5.41, 5.74) is 4.13. The number of methoxy groups -OCH3 is 1. The minimum atomic E-state index is -0.112. The summed E-state index contributed by atoms with van der Waals surface area (Å²) < 4.78 is 14.8. The molecule has 0 N–H and O–H groups in total. The summed E-state index contributed by atoms with van der Waals surface area (Å²) in [5.74, 6) is 1.41. The van der Waals surface area contributed by atoms with Crippen molar-refractivity contribution in [2.24, 2.45) is 0 Å². The van der Waals surface area contributed by atoms with Crippen molar-refractivity contribution >= 4 is 16.9 Å². The van der Waals surface area contributed by atoms with E-state index in [1.54, 1.807) is 17.9 Å². The van der Waals surface area contributed by atoms with Crippen LogP contribution in [0.5, 0.6) is 5.75 Å². The highest BCUT2D eigenvalue weighted by molar-refractivity contribution is 5.84. The van der Waals surface area contributed by atoms with Gasteiger partial charge in [-0.15, -0.1) is 0 Å². The second-order valence-corrected chi connectivity index (χ2v) is 8.75. The molecule has 9 heteroatoms. The first kappa shape index (κ1) is 21.4. The Balaban J connectivity index is 1.42. The van der Waals surface area contributed by atoms with Gasteiger partial charge < -0.3 is 14.4 Å². The van der Waals surface area contributed by atoms with E-state index >= 15 is 0 Å². The van der Waals surface area contributed by atoms with Gasteiger partial charge in [0.25, 0.3) is 5.56 Å². The van der Waals surface area contributed by atoms with Gasteiger partial charge in [-0.05, 0) is 42.3 Å². The van der Waals surface area contributed by atoms with Crippen molar-refractivity contribution < 1.29 is 9.47 Å². The van der Waals surface area contributed by atoms with Gasteiger partial charge >= 0.3 is 0 Å². The summed E-state index contributed by atoms with van der Waals surface area (Å²) >= 11 is 0. The highest BCUT2D eigenvalue weighted by atomic mass is 16.5. The molecule has 2 aromatic carbocycles. The maximum Gasteiger partial charge on any atom is 0.274 e. The number of benzene rings is 2. The van der Waals surface area contributed by atoms with Gasteiger partial charge in [0, 0.05) is 43.2 Å². The van der Waals surface area contributed by atoms with Crippen LogP contribution < -0.4 is 15.2 Å². The largest absolute Gasteiger partial charge is 0.496 e. The number of morpholine rings is 1. The summed E-state index contributed by atoms with van der Waals surface area (Å²) in [4.78, 5) is 24.4. The van der Waals surface area contributed by atoms with Gasteiger partial charge in [0.2, 0.25) is 5.95 Å². The number of ether oxygens (including phenoxy) is 2. The Hall–Kier alpha value is -4.16. The SMILES string of the molecule is COc1ccc(C#N)cc1C1CCn2c(=O)c3ccc(-c4cnc(N5CCOCC5)nc4)cc3n21. The van der Waals surface area contributed by atoms with Gasteiger partial charge in [-0.1, -0.05) is 6.07 Å². The van der Waals surface area contributed by atoms with Crippen molar-refractivity contribution in [2.45, 2.75) is 19.0 Å². The summed E-state index contributed by atoms with van der Waals surface area (Å²) in [6, 6.07) is 13.4. The fraction of sp³-hybridized carbons (Fsp3) is 0.308. The lowest BCUT2D eigenvalue weighted by Gasteiger charge is -2.26. The lowest BCUT2D eigenvalue weighted by atomic mass is 10.0.